The van der Waals surface area contributed by atoms with Gasteiger partial charge in [0.1, 0.15) is 12.3 Å². The second-order valence-corrected chi connectivity index (χ2v) is 5.92. The molecule has 1 amide bonds. The molecule has 2 aromatic carbocycles. The molecule has 1 N–H and O–H groups in total. The molecule has 8 nitrogen and oxygen atoms in total. The number of para-hydroxylation sites is 1. The smallest absolute Gasteiger partial charge is 0.325 e. The molecule has 0 fully saturated rings. The number of benzene rings is 2. The first kappa shape index (κ1) is 19.1. The van der Waals surface area contributed by atoms with Crippen molar-refractivity contribution >= 4 is 11.9 Å². The molecule has 1 aromatic heterocycles. The zero-order valence-electron chi connectivity index (χ0n) is 15.3. The summed E-state index contributed by atoms with van der Waals surface area (Å²) in [5.74, 6) is 0.101. The molecule has 144 valence electrons. The van der Waals surface area contributed by atoms with Crippen molar-refractivity contribution in [1.82, 2.24) is 15.5 Å². The van der Waals surface area contributed by atoms with Gasteiger partial charge in [0, 0.05) is 5.56 Å². The maximum absolute atomic E-state index is 11.7. The van der Waals surface area contributed by atoms with Crippen LogP contribution in [-0.2, 0) is 20.9 Å². The minimum absolute atomic E-state index is 0.169. The lowest BCUT2D eigenvalue weighted by atomic mass is 10.1. The molecule has 0 aliphatic carbocycles. The Hall–Kier alpha value is -3.68. The highest BCUT2D eigenvalue weighted by molar-refractivity contribution is 5.82. The van der Waals surface area contributed by atoms with Crippen molar-refractivity contribution in [2.75, 3.05) is 13.2 Å². The Balaban J connectivity index is 1.38. The molecule has 0 unspecified atom stereocenters. The van der Waals surface area contributed by atoms with Crippen molar-refractivity contribution in [2.45, 2.75) is 13.5 Å². The third-order valence-corrected chi connectivity index (χ3v) is 3.68. The van der Waals surface area contributed by atoms with Gasteiger partial charge in [0.15, 0.2) is 13.2 Å². The summed E-state index contributed by atoms with van der Waals surface area (Å²) in [7, 11) is 0. The number of nitrogens with one attached hydrogen (secondary N) is 1. The summed E-state index contributed by atoms with van der Waals surface area (Å²) in [6, 6.07) is 16.5. The van der Waals surface area contributed by atoms with Gasteiger partial charge in [0.25, 0.3) is 11.8 Å². The molecule has 0 bridgehead atoms. The van der Waals surface area contributed by atoms with Gasteiger partial charge in [-0.3, -0.25) is 9.59 Å². The van der Waals surface area contributed by atoms with Gasteiger partial charge in [-0.25, -0.2) is 0 Å². The minimum Gasteiger partial charge on any atom is -0.484 e. The minimum atomic E-state index is -0.622. The second-order valence-electron chi connectivity index (χ2n) is 5.92. The zero-order valence-corrected chi connectivity index (χ0v) is 15.3. The Morgan fingerprint density at radius 1 is 1.07 bits per heavy atom. The highest BCUT2D eigenvalue weighted by atomic mass is 16.6. The van der Waals surface area contributed by atoms with E-state index in [0.29, 0.717) is 11.6 Å². The monoisotopic (exact) mass is 381 g/mol. The largest absolute Gasteiger partial charge is 0.484 e. The van der Waals surface area contributed by atoms with Gasteiger partial charge in [-0.05, 0) is 19.1 Å². The van der Waals surface area contributed by atoms with Crippen molar-refractivity contribution in [3.05, 3.63) is 66.1 Å². The van der Waals surface area contributed by atoms with Crippen LogP contribution in [0, 0.1) is 6.92 Å². The number of aryl methyl sites for hydroxylation is 1. The summed E-state index contributed by atoms with van der Waals surface area (Å²) in [4.78, 5) is 27.6. The van der Waals surface area contributed by atoms with E-state index in [1.54, 1.807) is 24.3 Å². The first-order valence-corrected chi connectivity index (χ1v) is 8.60. The predicted octanol–water partition coefficient (Wildman–Crippen LogP) is 2.28. The van der Waals surface area contributed by atoms with Crippen LogP contribution in [0.3, 0.4) is 0 Å². The third kappa shape index (κ3) is 5.66. The molecular formula is C20H19N3O5. The average Bonchev–Trinajstić information content (AvgIpc) is 3.19. The van der Waals surface area contributed by atoms with Crippen molar-refractivity contribution in [3.63, 3.8) is 0 Å². The van der Waals surface area contributed by atoms with Crippen LogP contribution in [0.2, 0.25) is 0 Å². The first-order chi connectivity index (χ1) is 13.6. The number of rotatable bonds is 8. The number of carbonyl (C=O) groups is 2. The topological polar surface area (TPSA) is 104 Å². The average molecular weight is 381 g/mol. The number of esters is 1. The fourth-order valence-electron chi connectivity index (χ4n) is 2.21. The highest BCUT2D eigenvalue weighted by Gasteiger charge is 2.12. The van der Waals surface area contributed by atoms with Gasteiger partial charge in [0.2, 0.25) is 5.82 Å². The van der Waals surface area contributed by atoms with Gasteiger partial charge >= 0.3 is 5.97 Å². The van der Waals surface area contributed by atoms with Crippen molar-refractivity contribution in [3.8, 4) is 17.1 Å². The Bertz CT molecular complexity index is 923. The maximum atomic E-state index is 11.7. The summed E-state index contributed by atoms with van der Waals surface area (Å²) in [6.07, 6.45) is 0. The van der Waals surface area contributed by atoms with Crippen LogP contribution in [0.1, 0.15) is 11.5 Å². The van der Waals surface area contributed by atoms with E-state index in [1.807, 2.05) is 37.3 Å². The summed E-state index contributed by atoms with van der Waals surface area (Å²) in [5, 5.41) is 6.28. The van der Waals surface area contributed by atoms with Crippen molar-refractivity contribution in [2.24, 2.45) is 0 Å². The van der Waals surface area contributed by atoms with E-state index in [9.17, 15) is 9.59 Å². The van der Waals surface area contributed by atoms with Crippen LogP contribution >= 0.6 is 0 Å². The van der Waals surface area contributed by atoms with E-state index < -0.39 is 11.9 Å². The molecule has 1 heterocycles. The highest BCUT2D eigenvalue weighted by Crippen LogP contribution is 2.16. The predicted molar refractivity (Wildman–Crippen MR) is 99.2 cm³/mol. The number of amides is 1. The number of aromatic nitrogens is 2. The van der Waals surface area contributed by atoms with E-state index in [4.69, 9.17) is 14.0 Å². The van der Waals surface area contributed by atoms with Crippen molar-refractivity contribution < 1.29 is 23.6 Å². The third-order valence-electron chi connectivity index (χ3n) is 3.68. The Kier molecular flexibility index (Phi) is 6.35. The van der Waals surface area contributed by atoms with Crippen molar-refractivity contribution in [1.29, 1.82) is 0 Å². The quantitative estimate of drug-likeness (QED) is 0.597. The first-order valence-electron chi connectivity index (χ1n) is 8.60. The number of carbonyl (C=O) groups excluding carboxylic acids is 2. The van der Waals surface area contributed by atoms with E-state index in [1.165, 1.54) is 0 Å². The summed E-state index contributed by atoms with van der Waals surface area (Å²) >= 11 is 0. The molecular weight excluding hydrogens is 362 g/mol. The lowest BCUT2D eigenvalue weighted by Crippen LogP contribution is -2.34. The van der Waals surface area contributed by atoms with Gasteiger partial charge in [-0.1, -0.05) is 53.2 Å². The van der Waals surface area contributed by atoms with Gasteiger partial charge in [-0.2, -0.15) is 4.98 Å². The summed E-state index contributed by atoms with van der Waals surface area (Å²) in [6.45, 7) is 1.34. The molecule has 0 spiro atoms. The molecule has 0 aliphatic heterocycles. The Morgan fingerprint density at radius 3 is 2.57 bits per heavy atom. The lowest BCUT2D eigenvalue weighted by Gasteiger charge is -2.07. The van der Waals surface area contributed by atoms with Gasteiger partial charge < -0.3 is 19.3 Å². The van der Waals surface area contributed by atoms with Gasteiger partial charge in [0.05, 0.1) is 0 Å². The maximum Gasteiger partial charge on any atom is 0.325 e. The number of nitrogens with zero attached hydrogens (tertiary/aromatic N) is 2. The molecule has 8 heteroatoms. The summed E-state index contributed by atoms with van der Waals surface area (Å²) in [5.41, 5.74) is 1.93. The van der Waals surface area contributed by atoms with E-state index in [0.717, 1.165) is 11.1 Å². The standard InChI is InChI=1S/C20H19N3O5/c1-14-7-9-15(10-8-14)20-22-18(28-23-20)13-27-19(25)11-21-17(24)12-26-16-5-3-2-4-6-16/h2-10H,11-13H2,1H3,(H,21,24). The zero-order chi connectivity index (χ0) is 19.8. The lowest BCUT2D eigenvalue weighted by molar-refractivity contribution is -0.146. The molecule has 0 saturated heterocycles. The van der Waals surface area contributed by atoms with Crippen LogP contribution < -0.4 is 10.1 Å². The summed E-state index contributed by atoms with van der Waals surface area (Å²) < 4.78 is 15.4. The fourth-order valence-corrected chi connectivity index (χ4v) is 2.21. The molecule has 0 aliphatic rings. The molecule has 0 saturated carbocycles. The molecule has 0 atom stereocenters. The molecule has 3 aromatic rings. The van der Waals surface area contributed by atoms with Crippen LogP contribution in [0.15, 0.2) is 59.1 Å². The van der Waals surface area contributed by atoms with Crippen LogP contribution in [0.5, 0.6) is 5.75 Å². The number of hydrogen-bond donors (Lipinski definition) is 1. The molecule has 28 heavy (non-hydrogen) atoms. The van der Waals surface area contributed by atoms with Crippen LogP contribution in [0.4, 0.5) is 0 Å². The Morgan fingerprint density at radius 2 is 1.82 bits per heavy atom. The number of hydrogen-bond acceptors (Lipinski definition) is 7. The molecule has 3 rings (SSSR count). The SMILES string of the molecule is Cc1ccc(-c2noc(COC(=O)CNC(=O)COc3ccccc3)n2)cc1. The van der Waals surface area contributed by atoms with Crippen LogP contribution in [-0.4, -0.2) is 35.2 Å². The van der Waals surface area contributed by atoms with Gasteiger partial charge in [-0.15, -0.1) is 0 Å². The number of ether oxygens (including phenoxy) is 2. The van der Waals surface area contributed by atoms with E-state index in [-0.39, 0.29) is 25.6 Å². The normalized spacial score (nSPS) is 10.3. The second kappa shape index (κ2) is 9.31. The fraction of sp³-hybridized carbons (Fsp3) is 0.200. The van der Waals surface area contributed by atoms with Crippen LogP contribution in [0.25, 0.3) is 11.4 Å². The molecule has 0 radical (unpaired) electrons. The Labute approximate surface area is 161 Å². The van der Waals surface area contributed by atoms with E-state index >= 15 is 0 Å². The van der Waals surface area contributed by atoms with E-state index in [2.05, 4.69) is 15.5 Å².